The molecule has 0 fully saturated rings. The summed E-state index contributed by atoms with van der Waals surface area (Å²) in [6.45, 7) is 6.67. The van der Waals surface area contributed by atoms with Gasteiger partial charge >= 0.3 is 0 Å². The zero-order valence-electron chi connectivity index (χ0n) is 12.9. The van der Waals surface area contributed by atoms with Crippen molar-refractivity contribution in [1.29, 1.82) is 0 Å². The van der Waals surface area contributed by atoms with Crippen LogP contribution in [0.2, 0.25) is 10.0 Å². The summed E-state index contributed by atoms with van der Waals surface area (Å²) in [5.41, 5.74) is 3.68. The molecule has 0 saturated heterocycles. The molecule has 2 aromatic carbocycles. The molecule has 0 aliphatic heterocycles. The van der Waals surface area contributed by atoms with Crippen LogP contribution < -0.4 is 5.32 Å². The topological polar surface area (TPSA) is 12.0 Å². The van der Waals surface area contributed by atoms with E-state index in [2.05, 4.69) is 50.4 Å². The Morgan fingerprint density at radius 3 is 2.19 bits per heavy atom. The number of rotatable bonds is 3. The highest BCUT2D eigenvalue weighted by Gasteiger charge is 2.24. The lowest BCUT2D eigenvalue weighted by atomic mass is 9.80. The molecule has 0 aliphatic rings. The minimum Gasteiger partial charge on any atom is -0.309 e. The van der Waals surface area contributed by atoms with Crippen molar-refractivity contribution in [3.05, 3.63) is 69.2 Å². The van der Waals surface area contributed by atoms with E-state index in [4.69, 9.17) is 23.2 Å². The van der Waals surface area contributed by atoms with Crippen LogP contribution in [0.4, 0.5) is 0 Å². The molecule has 0 amide bonds. The highest BCUT2D eigenvalue weighted by molar-refractivity contribution is 6.35. The number of hydrogen-bond donors (Lipinski definition) is 1. The van der Waals surface area contributed by atoms with E-state index in [1.165, 1.54) is 11.1 Å². The van der Waals surface area contributed by atoms with Crippen molar-refractivity contribution in [2.24, 2.45) is 0 Å². The fourth-order valence-electron chi connectivity index (χ4n) is 2.65. The van der Waals surface area contributed by atoms with Crippen molar-refractivity contribution in [3.63, 3.8) is 0 Å². The van der Waals surface area contributed by atoms with Gasteiger partial charge in [0.05, 0.1) is 6.04 Å². The maximum Gasteiger partial charge on any atom is 0.0591 e. The van der Waals surface area contributed by atoms with Gasteiger partial charge in [-0.2, -0.15) is 0 Å². The quantitative estimate of drug-likeness (QED) is 0.775. The van der Waals surface area contributed by atoms with Gasteiger partial charge in [0.2, 0.25) is 0 Å². The van der Waals surface area contributed by atoms with Gasteiger partial charge in [0, 0.05) is 10.0 Å². The SMILES string of the molecule is CNC(c1ccc(Cl)cc1Cl)c1ccccc1C(C)(C)C. The Bertz CT molecular complexity index is 629. The largest absolute Gasteiger partial charge is 0.309 e. The van der Waals surface area contributed by atoms with E-state index in [0.29, 0.717) is 10.0 Å². The maximum absolute atomic E-state index is 6.40. The first-order chi connectivity index (χ1) is 9.84. The van der Waals surface area contributed by atoms with Gasteiger partial charge in [-0.15, -0.1) is 0 Å². The van der Waals surface area contributed by atoms with Crippen LogP contribution in [0.15, 0.2) is 42.5 Å². The summed E-state index contributed by atoms with van der Waals surface area (Å²) in [4.78, 5) is 0. The second-order valence-corrected chi connectivity index (χ2v) is 7.07. The molecule has 1 nitrogen and oxygen atoms in total. The van der Waals surface area contributed by atoms with Crippen LogP contribution in [0.1, 0.15) is 43.5 Å². The zero-order chi connectivity index (χ0) is 15.6. The van der Waals surface area contributed by atoms with Crippen molar-refractivity contribution >= 4 is 23.2 Å². The second kappa shape index (κ2) is 6.39. The monoisotopic (exact) mass is 321 g/mol. The molecule has 1 atom stereocenters. The fourth-order valence-corrected chi connectivity index (χ4v) is 3.16. The molecule has 2 rings (SSSR count). The van der Waals surface area contributed by atoms with E-state index in [1.807, 2.05) is 19.2 Å². The van der Waals surface area contributed by atoms with Gasteiger partial charge < -0.3 is 5.32 Å². The molecular weight excluding hydrogens is 301 g/mol. The van der Waals surface area contributed by atoms with E-state index >= 15 is 0 Å². The molecule has 3 heteroatoms. The van der Waals surface area contributed by atoms with Crippen LogP contribution in [0.5, 0.6) is 0 Å². The van der Waals surface area contributed by atoms with Crippen LogP contribution in [0.3, 0.4) is 0 Å². The first kappa shape index (κ1) is 16.4. The first-order valence-corrected chi connectivity index (χ1v) is 7.82. The van der Waals surface area contributed by atoms with Crippen molar-refractivity contribution in [3.8, 4) is 0 Å². The summed E-state index contributed by atoms with van der Waals surface area (Å²) in [7, 11) is 1.95. The third kappa shape index (κ3) is 3.60. The zero-order valence-corrected chi connectivity index (χ0v) is 14.4. The minimum absolute atomic E-state index is 0.0465. The summed E-state index contributed by atoms with van der Waals surface area (Å²) in [5.74, 6) is 0. The van der Waals surface area contributed by atoms with Crippen LogP contribution in [0.25, 0.3) is 0 Å². The summed E-state index contributed by atoms with van der Waals surface area (Å²) >= 11 is 12.4. The molecule has 2 aromatic rings. The van der Waals surface area contributed by atoms with Gasteiger partial charge in [0.1, 0.15) is 0 Å². The molecule has 112 valence electrons. The molecule has 0 saturated carbocycles. The summed E-state index contributed by atoms with van der Waals surface area (Å²) < 4.78 is 0. The van der Waals surface area contributed by atoms with Crippen LogP contribution >= 0.6 is 23.2 Å². The lowest BCUT2D eigenvalue weighted by molar-refractivity contribution is 0.567. The van der Waals surface area contributed by atoms with Gasteiger partial charge in [-0.25, -0.2) is 0 Å². The predicted octanol–water partition coefficient (Wildman–Crippen LogP) is 5.60. The highest BCUT2D eigenvalue weighted by atomic mass is 35.5. The number of halogens is 2. The lowest BCUT2D eigenvalue weighted by Crippen LogP contribution is -2.23. The van der Waals surface area contributed by atoms with E-state index in [1.54, 1.807) is 6.07 Å². The Kier molecular flexibility index (Phi) is 4.98. The Morgan fingerprint density at radius 2 is 1.62 bits per heavy atom. The highest BCUT2D eigenvalue weighted by Crippen LogP contribution is 2.35. The molecule has 1 unspecified atom stereocenters. The number of benzene rings is 2. The second-order valence-electron chi connectivity index (χ2n) is 6.22. The Morgan fingerprint density at radius 1 is 0.952 bits per heavy atom. The molecule has 0 spiro atoms. The standard InChI is InChI=1S/C18H21Cl2N/c1-18(2,3)15-8-6-5-7-13(15)17(21-4)14-10-9-12(19)11-16(14)20/h5-11,17,21H,1-4H3. The molecule has 1 N–H and O–H groups in total. The van der Waals surface area contributed by atoms with Gasteiger partial charge in [-0.3, -0.25) is 0 Å². The number of hydrogen-bond acceptors (Lipinski definition) is 1. The molecule has 0 bridgehead atoms. The van der Waals surface area contributed by atoms with Gasteiger partial charge in [0.15, 0.2) is 0 Å². The van der Waals surface area contributed by atoms with E-state index in [0.717, 1.165) is 5.56 Å². The third-order valence-corrected chi connectivity index (χ3v) is 4.20. The average Bonchev–Trinajstić information content (AvgIpc) is 2.41. The summed E-state index contributed by atoms with van der Waals surface area (Å²) in [6.07, 6.45) is 0. The predicted molar refractivity (Wildman–Crippen MR) is 92.5 cm³/mol. The molecule has 0 heterocycles. The van der Waals surface area contributed by atoms with E-state index < -0.39 is 0 Å². The fraction of sp³-hybridized carbons (Fsp3) is 0.333. The van der Waals surface area contributed by atoms with E-state index in [9.17, 15) is 0 Å². The van der Waals surface area contributed by atoms with Crippen LogP contribution in [0, 0.1) is 0 Å². The summed E-state index contributed by atoms with van der Waals surface area (Å²) in [6, 6.07) is 14.2. The molecule has 0 aromatic heterocycles. The molecule has 21 heavy (non-hydrogen) atoms. The third-order valence-electron chi connectivity index (χ3n) is 3.64. The normalized spacial score (nSPS) is 13.2. The Labute approximate surface area is 137 Å². The van der Waals surface area contributed by atoms with Gasteiger partial charge in [0.25, 0.3) is 0 Å². The first-order valence-electron chi connectivity index (χ1n) is 7.06. The number of nitrogens with one attached hydrogen (secondary N) is 1. The Balaban J connectivity index is 2.57. The van der Waals surface area contributed by atoms with E-state index in [-0.39, 0.29) is 11.5 Å². The van der Waals surface area contributed by atoms with Crippen LogP contribution in [-0.4, -0.2) is 7.05 Å². The minimum atomic E-state index is 0.0465. The molecule has 0 aliphatic carbocycles. The maximum atomic E-state index is 6.40. The van der Waals surface area contributed by atoms with Gasteiger partial charge in [-0.05, 0) is 41.3 Å². The lowest BCUT2D eigenvalue weighted by Gasteiger charge is -2.28. The van der Waals surface area contributed by atoms with Crippen molar-refractivity contribution in [2.45, 2.75) is 32.2 Å². The Hall–Kier alpha value is -1.02. The van der Waals surface area contributed by atoms with Crippen molar-refractivity contribution in [1.82, 2.24) is 5.32 Å². The van der Waals surface area contributed by atoms with Crippen LogP contribution in [-0.2, 0) is 5.41 Å². The van der Waals surface area contributed by atoms with Crippen molar-refractivity contribution in [2.75, 3.05) is 7.05 Å². The van der Waals surface area contributed by atoms with Crippen molar-refractivity contribution < 1.29 is 0 Å². The molecule has 0 radical (unpaired) electrons. The average molecular weight is 322 g/mol. The molecular formula is C18H21Cl2N. The smallest absolute Gasteiger partial charge is 0.0591 e. The summed E-state index contributed by atoms with van der Waals surface area (Å²) in [5, 5.41) is 4.72. The van der Waals surface area contributed by atoms with Gasteiger partial charge in [-0.1, -0.05) is 74.3 Å².